The van der Waals surface area contributed by atoms with Crippen molar-refractivity contribution < 1.29 is 13.2 Å². The lowest BCUT2D eigenvalue weighted by Gasteiger charge is -2.14. The van der Waals surface area contributed by atoms with E-state index in [-0.39, 0.29) is 22.5 Å². The minimum absolute atomic E-state index is 0.0488. The van der Waals surface area contributed by atoms with Gasteiger partial charge in [0.25, 0.3) is 0 Å². The fourth-order valence-electron chi connectivity index (χ4n) is 1.57. The molecule has 0 unspecified atom stereocenters. The normalized spacial score (nSPS) is 11.5. The molecule has 3 N–H and O–H groups in total. The summed E-state index contributed by atoms with van der Waals surface area (Å²) in [6.45, 7) is 1.62. The summed E-state index contributed by atoms with van der Waals surface area (Å²) in [7, 11) is 0. The predicted molar refractivity (Wildman–Crippen MR) is 78.6 cm³/mol. The van der Waals surface area contributed by atoms with E-state index >= 15 is 0 Å². The predicted octanol–water partition coefficient (Wildman–Crippen LogP) is 4.55. The zero-order valence-electron chi connectivity index (χ0n) is 10.6. The van der Waals surface area contributed by atoms with Crippen molar-refractivity contribution in [1.29, 1.82) is 0 Å². The first-order chi connectivity index (χ1) is 9.68. The first-order valence-electron chi connectivity index (χ1n) is 5.62. The van der Waals surface area contributed by atoms with Crippen molar-refractivity contribution in [2.24, 2.45) is 0 Å². The second kappa shape index (κ2) is 5.69. The molecule has 2 rings (SSSR count). The van der Waals surface area contributed by atoms with Gasteiger partial charge in [0.05, 0.1) is 22.6 Å². The van der Waals surface area contributed by atoms with Crippen LogP contribution in [0.3, 0.4) is 0 Å². The van der Waals surface area contributed by atoms with Crippen LogP contribution < -0.4 is 11.1 Å². The van der Waals surface area contributed by atoms with Gasteiger partial charge in [-0.1, -0.05) is 0 Å². The fourth-order valence-corrected chi connectivity index (χ4v) is 2.12. The standard InChI is InChI=1S/C12H9BrClF3N4/c1-5-9(18)10(21-11(14)19-5)20-8-4-6(12(15,16)17)2-3-7(8)13/h2-4H,18H2,1H3,(H,19,20,21). The first kappa shape index (κ1) is 15.8. The Morgan fingerprint density at radius 1 is 1.29 bits per heavy atom. The molecule has 0 aliphatic heterocycles. The summed E-state index contributed by atoms with van der Waals surface area (Å²) in [4.78, 5) is 7.73. The van der Waals surface area contributed by atoms with Crippen molar-refractivity contribution in [1.82, 2.24) is 9.97 Å². The second-order valence-electron chi connectivity index (χ2n) is 4.16. The molecule has 0 aliphatic rings. The Kier molecular flexibility index (Phi) is 4.29. The Labute approximate surface area is 131 Å². The molecule has 0 radical (unpaired) electrons. The van der Waals surface area contributed by atoms with Gasteiger partial charge in [-0.3, -0.25) is 0 Å². The van der Waals surface area contributed by atoms with E-state index in [9.17, 15) is 13.2 Å². The van der Waals surface area contributed by atoms with Crippen LogP contribution in [0.2, 0.25) is 5.28 Å². The number of aromatic nitrogens is 2. The largest absolute Gasteiger partial charge is 0.416 e. The molecule has 0 atom stereocenters. The monoisotopic (exact) mass is 380 g/mol. The van der Waals surface area contributed by atoms with Crippen molar-refractivity contribution in [3.8, 4) is 0 Å². The molecule has 0 fully saturated rings. The third kappa shape index (κ3) is 3.56. The quantitative estimate of drug-likeness (QED) is 0.749. The molecule has 9 heteroatoms. The minimum Gasteiger partial charge on any atom is -0.394 e. The molecule has 2 aromatic rings. The highest BCUT2D eigenvalue weighted by Gasteiger charge is 2.31. The number of nitrogen functional groups attached to an aromatic ring is 1. The van der Waals surface area contributed by atoms with Gasteiger partial charge in [-0.2, -0.15) is 18.2 Å². The van der Waals surface area contributed by atoms with Crippen molar-refractivity contribution >= 4 is 44.7 Å². The van der Waals surface area contributed by atoms with E-state index in [4.69, 9.17) is 17.3 Å². The molecule has 1 heterocycles. The number of alkyl halides is 3. The van der Waals surface area contributed by atoms with E-state index < -0.39 is 11.7 Å². The molecule has 112 valence electrons. The molecule has 1 aromatic heterocycles. The lowest BCUT2D eigenvalue weighted by molar-refractivity contribution is -0.137. The van der Waals surface area contributed by atoms with Crippen LogP contribution >= 0.6 is 27.5 Å². The molecule has 0 aliphatic carbocycles. The molecule has 21 heavy (non-hydrogen) atoms. The Hall–Kier alpha value is -1.54. The smallest absolute Gasteiger partial charge is 0.394 e. The number of rotatable bonds is 2. The van der Waals surface area contributed by atoms with Crippen LogP contribution in [0.4, 0.5) is 30.4 Å². The van der Waals surface area contributed by atoms with Crippen LogP contribution in [0.25, 0.3) is 0 Å². The molecule has 4 nitrogen and oxygen atoms in total. The molecule has 0 saturated heterocycles. The lowest BCUT2D eigenvalue weighted by atomic mass is 10.2. The zero-order chi connectivity index (χ0) is 15.8. The highest BCUT2D eigenvalue weighted by atomic mass is 79.9. The van der Waals surface area contributed by atoms with Crippen LogP contribution in [-0.4, -0.2) is 9.97 Å². The first-order valence-corrected chi connectivity index (χ1v) is 6.79. The van der Waals surface area contributed by atoms with E-state index in [1.807, 2.05) is 0 Å². The number of anilines is 3. The summed E-state index contributed by atoms with van der Waals surface area (Å²) in [5, 5.41) is 2.68. The maximum Gasteiger partial charge on any atom is 0.416 e. The summed E-state index contributed by atoms with van der Waals surface area (Å²) in [6.07, 6.45) is -4.44. The summed E-state index contributed by atoms with van der Waals surface area (Å²) >= 11 is 8.89. The van der Waals surface area contributed by atoms with Crippen molar-refractivity contribution in [3.63, 3.8) is 0 Å². The SMILES string of the molecule is Cc1nc(Cl)nc(Nc2cc(C(F)(F)F)ccc2Br)c1N. The third-order valence-electron chi connectivity index (χ3n) is 2.66. The number of aryl methyl sites for hydroxylation is 1. The number of hydrogen-bond donors (Lipinski definition) is 2. The highest BCUT2D eigenvalue weighted by molar-refractivity contribution is 9.10. The maximum atomic E-state index is 12.7. The Bertz CT molecular complexity index is 691. The van der Waals surface area contributed by atoms with Gasteiger partial charge < -0.3 is 11.1 Å². The molecule has 0 amide bonds. The van der Waals surface area contributed by atoms with Gasteiger partial charge in [0.15, 0.2) is 5.82 Å². The molecule has 0 bridgehead atoms. The summed E-state index contributed by atoms with van der Waals surface area (Å²) < 4.78 is 38.6. The van der Waals surface area contributed by atoms with Gasteiger partial charge in [-0.15, -0.1) is 0 Å². The van der Waals surface area contributed by atoms with E-state index in [1.54, 1.807) is 6.92 Å². The van der Waals surface area contributed by atoms with E-state index in [0.29, 0.717) is 10.2 Å². The van der Waals surface area contributed by atoms with Crippen LogP contribution in [-0.2, 0) is 6.18 Å². The van der Waals surface area contributed by atoms with E-state index in [1.165, 1.54) is 6.07 Å². The average Bonchev–Trinajstić information content (AvgIpc) is 2.36. The molecular weight excluding hydrogens is 373 g/mol. The number of nitrogens with two attached hydrogens (primary N) is 1. The summed E-state index contributed by atoms with van der Waals surface area (Å²) in [5.41, 5.74) is 5.82. The minimum atomic E-state index is -4.44. The lowest BCUT2D eigenvalue weighted by Crippen LogP contribution is -2.07. The molecule has 0 spiro atoms. The third-order valence-corrected chi connectivity index (χ3v) is 3.52. The van der Waals surface area contributed by atoms with Gasteiger partial charge in [0, 0.05) is 4.47 Å². The summed E-state index contributed by atoms with van der Waals surface area (Å²) in [6, 6.07) is 3.21. The van der Waals surface area contributed by atoms with Gasteiger partial charge in [0.1, 0.15) is 0 Å². The fraction of sp³-hybridized carbons (Fsp3) is 0.167. The van der Waals surface area contributed by atoms with Crippen LogP contribution in [0.1, 0.15) is 11.3 Å². The molecule has 1 aromatic carbocycles. The van der Waals surface area contributed by atoms with Crippen LogP contribution in [0.15, 0.2) is 22.7 Å². The molecular formula is C12H9BrClF3N4. The summed E-state index contributed by atoms with van der Waals surface area (Å²) in [5.74, 6) is 0.146. The highest BCUT2D eigenvalue weighted by Crippen LogP contribution is 2.35. The number of hydrogen-bond acceptors (Lipinski definition) is 4. The Morgan fingerprint density at radius 2 is 1.95 bits per heavy atom. The average molecular weight is 382 g/mol. The van der Waals surface area contributed by atoms with Crippen molar-refractivity contribution in [3.05, 3.63) is 39.2 Å². The molecule has 0 saturated carbocycles. The van der Waals surface area contributed by atoms with Crippen LogP contribution in [0, 0.1) is 6.92 Å². The topological polar surface area (TPSA) is 63.8 Å². The Morgan fingerprint density at radius 3 is 2.57 bits per heavy atom. The van der Waals surface area contributed by atoms with E-state index in [0.717, 1.165) is 12.1 Å². The number of benzene rings is 1. The van der Waals surface area contributed by atoms with Gasteiger partial charge in [-0.05, 0) is 52.7 Å². The van der Waals surface area contributed by atoms with Gasteiger partial charge in [-0.25, -0.2) is 4.98 Å². The zero-order valence-corrected chi connectivity index (χ0v) is 12.9. The number of nitrogens with one attached hydrogen (secondary N) is 1. The number of halogens is 5. The van der Waals surface area contributed by atoms with E-state index in [2.05, 4.69) is 31.2 Å². The second-order valence-corrected chi connectivity index (χ2v) is 5.35. The van der Waals surface area contributed by atoms with Crippen LogP contribution in [0.5, 0.6) is 0 Å². The maximum absolute atomic E-state index is 12.7. The van der Waals surface area contributed by atoms with Crippen molar-refractivity contribution in [2.75, 3.05) is 11.1 Å². The van der Waals surface area contributed by atoms with Crippen molar-refractivity contribution in [2.45, 2.75) is 13.1 Å². The van der Waals surface area contributed by atoms with Gasteiger partial charge >= 0.3 is 6.18 Å². The Balaban J connectivity index is 2.45. The number of nitrogens with zero attached hydrogens (tertiary/aromatic N) is 2. The van der Waals surface area contributed by atoms with Gasteiger partial charge in [0.2, 0.25) is 5.28 Å².